The molecule has 0 aromatic carbocycles. The molecule has 10 heteroatoms. The maximum Gasteiger partial charge on any atom is 0.422 e. The summed E-state index contributed by atoms with van der Waals surface area (Å²) < 4.78 is 42.1. The first kappa shape index (κ1) is 21.2. The Morgan fingerprint density at radius 3 is 2.76 bits per heavy atom. The van der Waals surface area contributed by atoms with Gasteiger partial charge in [-0.1, -0.05) is 6.07 Å². The third kappa shape index (κ3) is 6.52. The van der Waals surface area contributed by atoms with Crippen LogP contribution >= 0.6 is 11.3 Å². The van der Waals surface area contributed by atoms with E-state index < -0.39 is 12.8 Å². The molecule has 0 unspecified atom stereocenters. The highest BCUT2D eigenvalue weighted by Crippen LogP contribution is 2.25. The Kier molecular flexibility index (Phi) is 7.18. The average Bonchev–Trinajstić information content (AvgIpc) is 3.25. The van der Waals surface area contributed by atoms with Gasteiger partial charge in [0.25, 0.3) is 0 Å². The van der Waals surface area contributed by atoms with Gasteiger partial charge in [0.15, 0.2) is 12.6 Å². The molecule has 6 nitrogen and oxygen atoms in total. The number of rotatable bonds is 6. The van der Waals surface area contributed by atoms with Crippen LogP contribution in [0.4, 0.5) is 18.2 Å². The van der Waals surface area contributed by atoms with Gasteiger partial charge in [-0.3, -0.25) is 4.99 Å². The van der Waals surface area contributed by atoms with Gasteiger partial charge in [-0.15, -0.1) is 11.3 Å². The van der Waals surface area contributed by atoms with Gasteiger partial charge in [-0.25, -0.2) is 4.98 Å². The lowest BCUT2D eigenvalue weighted by molar-refractivity contribution is -0.154. The summed E-state index contributed by atoms with van der Waals surface area (Å²) in [6, 6.07) is 7.81. The van der Waals surface area contributed by atoms with E-state index in [-0.39, 0.29) is 18.5 Å². The lowest BCUT2D eigenvalue weighted by atomic mass is 10.1. The summed E-state index contributed by atoms with van der Waals surface area (Å²) in [5, 5.41) is 9.89. The first-order valence-electron chi connectivity index (χ1n) is 9.33. The third-order valence-electron chi connectivity index (χ3n) is 4.55. The minimum absolute atomic E-state index is 0.0305. The smallest absolute Gasteiger partial charge is 0.422 e. The number of piperidine rings is 1. The number of ether oxygens (including phenoxy) is 1. The van der Waals surface area contributed by atoms with Gasteiger partial charge in [0, 0.05) is 44.5 Å². The monoisotopic (exact) mass is 427 g/mol. The molecule has 2 N–H and O–H groups in total. The summed E-state index contributed by atoms with van der Waals surface area (Å²) in [6.45, 7) is 0.821. The summed E-state index contributed by atoms with van der Waals surface area (Å²) in [4.78, 5) is 10.5. The molecule has 1 fully saturated rings. The third-order valence-corrected chi connectivity index (χ3v) is 5.48. The normalized spacial score (nSPS) is 16.0. The molecule has 0 amide bonds. The zero-order valence-corrected chi connectivity index (χ0v) is 16.9. The zero-order valence-electron chi connectivity index (χ0n) is 16.1. The molecule has 0 radical (unpaired) electrons. The molecule has 1 aliphatic rings. The van der Waals surface area contributed by atoms with Crippen LogP contribution in [-0.2, 0) is 6.54 Å². The Balaban J connectivity index is 1.49. The summed E-state index contributed by atoms with van der Waals surface area (Å²) in [7, 11) is 1.67. The molecule has 158 valence electrons. The van der Waals surface area contributed by atoms with Crippen LogP contribution in [0.5, 0.6) is 5.88 Å². The van der Waals surface area contributed by atoms with Crippen LogP contribution in [0.2, 0.25) is 0 Å². The number of alkyl halides is 3. The molecule has 0 aliphatic carbocycles. The number of nitrogens with one attached hydrogen (secondary N) is 2. The molecular formula is C19H24F3N5OS. The Bertz CT molecular complexity index is 789. The van der Waals surface area contributed by atoms with Crippen molar-refractivity contribution in [1.29, 1.82) is 0 Å². The summed E-state index contributed by atoms with van der Waals surface area (Å²) in [5.41, 5.74) is 0.534. The Morgan fingerprint density at radius 2 is 2.10 bits per heavy atom. The fourth-order valence-corrected chi connectivity index (χ4v) is 3.89. The molecular weight excluding hydrogens is 403 g/mol. The molecule has 0 bridgehead atoms. The fourth-order valence-electron chi connectivity index (χ4n) is 3.10. The van der Waals surface area contributed by atoms with Crippen LogP contribution in [-0.4, -0.2) is 49.9 Å². The summed E-state index contributed by atoms with van der Waals surface area (Å²) in [6.07, 6.45) is -1.04. The van der Waals surface area contributed by atoms with Crippen molar-refractivity contribution in [3.05, 3.63) is 41.4 Å². The van der Waals surface area contributed by atoms with Crippen molar-refractivity contribution in [2.24, 2.45) is 4.99 Å². The summed E-state index contributed by atoms with van der Waals surface area (Å²) >= 11 is 1.74. The highest BCUT2D eigenvalue weighted by molar-refractivity contribution is 7.14. The molecule has 3 rings (SSSR count). The predicted octanol–water partition coefficient (Wildman–Crippen LogP) is 3.42. The second-order valence-corrected chi connectivity index (χ2v) is 7.58. The second-order valence-electron chi connectivity index (χ2n) is 6.65. The van der Waals surface area contributed by atoms with E-state index in [2.05, 4.69) is 43.0 Å². The van der Waals surface area contributed by atoms with Crippen LogP contribution in [0.25, 0.3) is 0 Å². The number of hydrogen-bond acceptors (Lipinski definition) is 5. The van der Waals surface area contributed by atoms with E-state index in [4.69, 9.17) is 4.74 Å². The number of nitrogens with zero attached hydrogens (tertiary/aromatic N) is 3. The standard InChI is InChI=1S/C19H24F3N5OS/c1-23-18(26-15-6-9-27(10-7-15)16-5-3-11-29-16)25-12-14-4-2-8-24-17(14)28-13-19(20,21)22/h2-5,8,11,15H,6-7,9-10,12-13H2,1H3,(H2,23,25,26). The maximum absolute atomic E-state index is 12.4. The van der Waals surface area contributed by atoms with E-state index >= 15 is 0 Å². The van der Waals surface area contributed by atoms with Crippen LogP contribution in [0.3, 0.4) is 0 Å². The number of pyridine rings is 1. The van der Waals surface area contributed by atoms with Gasteiger partial charge in [-0.2, -0.15) is 13.2 Å². The number of anilines is 1. The van der Waals surface area contributed by atoms with Crippen LogP contribution in [0, 0.1) is 0 Å². The zero-order chi connectivity index (χ0) is 20.7. The van der Waals surface area contributed by atoms with Gasteiger partial charge in [0.05, 0.1) is 5.00 Å². The number of guanidine groups is 1. The van der Waals surface area contributed by atoms with Gasteiger partial charge >= 0.3 is 6.18 Å². The molecule has 1 saturated heterocycles. The van der Waals surface area contributed by atoms with Crippen molar-refractivity contribution in [1.82, 2.24) is 15.6 Å². The molecule has 2 aromatic heterocycles. The Morgan fingerprint density at radius 1 is 1.31 bits per heavy atom. The van der Waals surface area contributed by atoms with Crippen LogP contribution in [0.1, 0.15) is 18.4 Å². The first-order chi connectivity index (χ1) is 13.9. The van der Waals surface area contributed by atoms with Crippen molar-refractivity contribution in [2.45, 2.75) is 31.6 Å². The van der Waals surface area contributed by atoms with E-state index in [1.54, 1.807) is 30.5 Å². The maximum atomic E-state index is 12.4. The Labute approximate surface area is 171 Å². The molecule has 0 atom stereocenters. The van der Waals surface area contributed by atoms with Crippen molar-refractivity contribution in [3.63, 3.8) is 0 Å². The van der Waals surface area contributed by atoms with Gasteiger partial charge in [0.1, 0.15) is 0 Å². The van der Waals surface area contributed by atoms with Crippen LogP contribution < -0.4 is 20.3 Å². The predicted molar refractivity (Wildman–Crippen MR) is 109 cm³/mol. The molecule has 0 spiro atoms. The molecule has 3 heterocycles. The van der Waals surface area contributed by atoms with E-state index in [1.165, 1.54) is 11.2 Å². The molecule has 2 aromatic rings. The topological polar surface area (TPSA) is 61.8 Å². The SMILES string of the molecule is CN=C(NCc1cccnc1OCC(F)(F)F)NC1CCN(c2cccs2)CC1. The highest BCUT2D eigenvalue weighted by atomic mass is 32.1. The lowest BCUT2D eigenvalue weighted by Gasteiger charge is -2.33. The van der Waals surface area contributed by atoms with E-state index in [0.29, 0.717) is 11.5 Å². The average molecular weight is 427 g/mol. The van der Waals surface area contributed by atoms with E-state index in [0.717, 1.165) is 25.9 Å². The van der Waals surface area contributed by atoms with Crippen molar-refractivity contribution in [3.8, 4) is 5.88 Å². The quantitative estimate of drug-likeness (QED) is 0.547. The number of hydrogen-bond donors (Lipinski definition) is 2. The van der Waals surface area contributed by atoms with Gasteiger partial charge in [-0.05, 0) is 36.4 Å². The van der Waals surface area contributed by atoms with E-state index in [1.807, 2.05) is 0 Å². The van der Waals surface area contributed by atoms with Crippen molar-refractivity contribution < 1.29 is 17.9 Å². The summed E-state index contributed by atoms with van der Waals surface area (Å²) in [5.74, 6) is 0.572. The number of halogens is 3. The minimum Gasteiger partial charge on any atom is -0.468 e. The van der Waals surface area contributed by atoms with Crippen molar-refractivity contribution >= 4 is 22.3 Å². The van der Waals surface area contributed by atoms with E-state index in [9.17, 15) is 13.2 Å². The number of thiophene rings is 1. The Hall–Kier alpha value is -2.49. The molecule has 1 aliphatic heterocycles. The largest absolute Gasteiger partial charge is 0.468 e. The van der Waals surface area contributed by atoms with Crippen molar-refractivity contribution in [2.75, 3.05) is 31.6 Å². The first-order valence-corrected chi connectivity index (χ1v) is 10.2. The van der Waals surface area contributed by atoms with Crippen LogP contribution in [0.15, 0.2) is 40.8 Å². The minimum atomic E-state index is -4.40. The molecule has 29 heavy (non-hydrogen) atoms. The lowest BCUT2D eigenvalue weighted by Crippen LogP contribution is -2.48. The fraction of sp³-hybridized carbons (Fsp3) is 0.474. The van der Waals surface area contributed by atoms with Gasteiger partial charge < -0.3 is 20.3 Å². The number of aliphatic imine (C=N–C) groups is 1. The highest BCUT2D eigenvalue weighted by Gasteiger charge is 2.29. The van der Waals surface area contributed by atoms with Gasteiger partial charge in [0.2, 0.25) is 5.88 Å². The molecule has 0 saturated carbocycles. The second kappa shape index (κ2) is 9.82. The number of aromatic nitrogens is 1.